The van der Waals surface area contributed by atoms with Crippen molar-refractivity contribution >= 4 is 6.29 Å². The minimum atomic E-state index is 0.703. The van der Waals surface area contributed by atoms with Gasteiger partial charge < -0.3 is 9.30 Å². The molecule has 3 heteroatoms. The van der Waals surface area contributed by atoms with Gasteiger partial charge in [0, 0.05) is 25.8 Å². The predicted molar refractivity (Wildman–Crippen MR) is 60.3 cm³/mol. The van der Waals surface area contributed by atoms with Gasteiger partial charge in [0.2, 0.25) is 0 Å². The normalized spacial score (nSPS) is 10.5. The third kappa shape index (κ3) is 3.20. The number of methoxy groups -OCH3 is 1. The lowest BCUT2D eigenvalue weighted by Crippen LogP contribution is -2.08. The van der Waals surface area contributed by atoms with Crippen molar-refractivity contribution < 1.29 is 9.53 Å². The average molecular weight is 209 g/mol. The van der Waals surface area contributed by atoms with Crippen LogP contribution in [0.3, 0.4) is 0 Å². The third-order valence-corrected chi connectivity index (χ3v) is 2.52. The average Bonchev–Trinajstić information content (AvgIpc) is 2.65. The highest BCUT2D eigenvalue weighted by atomic mass is 16.5. The summed E-state index contributed by atoms with van der Waals surface area (Å²) in [4.78, 5) is 10.8. The Balaban J connectivity index is 2.75. The largest absolute Gasteiger partial charge is 0.384 e. The number of nitrogens with zero attached hydrogens (tertiary/aromatic N) is 1. The van der Waals surface area contributed by atoms with Crippen LogP contribution in [0.5, 0.6) is 0 Å². The first kappa shape index (κ1) is 12.0. The summed E-state index contributed by atoms with van der Waals surface area (Å²) < 4.78 is 7.14. The summed E-state index contributed by atoms with van der Waals surface area (Å²) in [5, 5.41) is 0. The number of aromatic nitrogens is 1. The molecule has 84 valence electrons. The molecule has 1 aromatic heterocycles. The highest BCUT2D eigenvalue weighted by Gasteiger charge is 2.06. The van der Waals surface area contributed by atoms with Crippen LogP contribution in [-0.4, -0.2) is 24.6 Å². The van der Waals surface area contributed by atoms with Crippen LogP contribution >= 0.6 is 0 Å². The Morgan fingerprint density at radius 2 is 2.27 bits per heavy atom. The fourth-order valence-corrected chi connectivity index (χ4v) is 1.64. The van der Waals surface area contributed by atoms with Crippen molar-refractivity contribution in [3.63, 3.8) is 0 Å². The van der Waals surface area contributed by atoms with Crippen molar-refractivity contribution in [3.8, 4) is 0 Å². The fourth-order valence-electron chi connectivity index (χ4n) is 1.64. The van der Waals surface area contributed by atoms with Crippen molar-refractivity contribution in [1.29, 1.82) is 0 Å². The second kappa shape index (κ2) is 6.40. The van der Waals surface area contributed by atoms with Crippen LogP contribution in [0, 0.1) is 0 Å². The molecule has 0 saturated heterocycles. The highest BCUT2D eigenvalue weighted by Crippen LogP contribution is 2.10. The van der Waals surface area contributed by atoms with E-state index in [2.05, 4.69) is 11.5 Å². The quantitative estimate of drug-likeness (QED) is 0.645. The van der Waals surface area contributed by atoms with Crippen molar-refractivity contribution in [2.75, 3.05) is 13.7 Å². The van der Waals surface area contributed by atoms with E-state index in [4.69, 9.17) is 4.74 Å². The molecule has 1 heterocycles. The molecule has 3 nitrogen and oxygen atoms in total. The number of carbonyl (C=O) groups is 1. The first-order valence-corrected chi connectivity index (χ1v) is 5.46. The number of unbranched alkanes of at least 4 members (excludes halogenated alkanes) is 1. The lowest BCUT2D eigenvalue weighted by molar-refractivity contribution is 0.111. The van der Waals surface area contributed by atoms with Crippen molar-refractivity contribution in [2.45, 2.75) is 32.7 Å². The Kier molecular flexibility index (Phi) is 5.12. The van der Waals surface area contributed by atoms with Gasteiger partial charge in [0.25, 0.3) is 0 Å². The summed E-state index contributed by atoms with van der Waals surface area (Å²) >= 11 is 0. The Morgan fingerprint density at radius 1 is 1.47 bits per heavy atom. The molecule has 0 fully saturated rings. The van der Waals surface area contributed by atoms with E-state index in [1.807, 2.05) is 12.1 Å². The summed E-state index contributed by atoms with van der Waals surface area (Å²) in [6.07, 6.45) is 4.04. The van der Waals surface area contributed by atoms with E-state index in [9.17, 15) is 4.79 Å². The second-order valence-electron chi connectivity index (χ2n) is 3.62. The van der Waals surface area contributed by atoms with E-state index in [1.54, 1.807) is 7.11 Å². The first-order chi connectivity index (χ1) is 7.33. The predicted octanol–water partition coefficient (Wildman–Crippen LogP) is 2.29. The van der Waals surface area contributed by atoms with E-state index in [0.717, 1.165) is 37.8 Å². The molecule has 0 N–H and O–H groups in total. The lowest BCUT2D eigenvalue weighted by atomic mass is 10.3. The van der Waals surface area contributed by atoms with Gasteiger partial charge in [0.15, 0.2) is 6.29 Å². The van der Waals surface area contributed by atoms with E-state index in [-0.39, 0.29) is 0 Å². The van der Waals surface area contributed by atoms with Gasteiger partial charge in [-0.05, 0) is 18.6 Å². The zero-order chi connectivity index (χ0) is 11.1. The molecular weight excluding hydrogens is 190 g/mol. The summed E-state index contributed by atoms with van der Waals surface area (Å²) in [6, 6.07) is 3.89. The fraction of sp³-hybridized carbons (Fsp3) is 0.583. The van der Waals surface area contributed by atoms with Crippen LogP contribution in [-0.2, 0) is 17.7 Å². The van der Waals surface area contributed by atoms with Gasteiger partial charge in [-0.15, -0.1) is 0 Å². The Morgan fingerprint density at radius 3 is 2.87 bits per heavy atom. The van der Waals surface area contributed by atoms with Gasteiger partial charge >= 0.3 is 0 Å². The Bertz CT molecular complexity index is 305. The molecule has 0 aliphatic rings. The van der Waals surface area contributed by atoms with Gasteiger partial charge in [0.1, 0.15) is 0 Å². The maximum Gasteiger partial charge on any atom is 0.166 e. The molecule has 0 radical (unpaired) electrons. The molecule has 0 aromatic carbocycles. The van der Waals surface area contributed by atoms with Crippen molar-refractivity contribution in [1.82, 2.24) is 4.57 Å². The summed E-state index contributed by atoms with van der Waals surface area (Å²) in [5.41, 5.74) is 1.96. The summed E-state index contributed by atoms with van der Waals surface area (Å²) in [6.45, 7) is 3.78. The molecule has 0 amide bonds. The van der Waals surface area contributed by atoms with Gasteiger partial charge in [0.05, 0.1) is 12.3 Å². The molecule has 0 bridgehead atoms. The van der Waals surface area contributed by atoms with Gasteiger partial charge in [-0.1, -0.05) is 13.3 Å². The van der Waals surface area contributed by atoms with E-state index in [0.29, 0.717) is 6.61 Å². The number of aldehydes is 1. The number of rotatable bonds is 7. The SMILES string of the molecule is CCCCn1c(C=O)ccc1CCOC. The molecular formula is C12H19NO2. The van der Waals surface area contributed by atoms with Crippen LogP contribution in [0.25, 0.3) is 0 Å². The maximum absolute atomic E-state index is 10.8. The molecule has 0 atom stereocenters. The Hall–Kier alpha value is -1.09. The number of ether oxygens (including phenoxy) is 1. The van der Waals surface area contributed by atoms with E-state index in [1.165, 1.54) is 5.69 Å². The molecule has 1 rings (SSSR count). The molecule has 0 saturated carbocycles. The van der Waals surface area contributed by atoms with Crippen molar-refractivity contribution in [3.05, 3.63) is 23.5 Å². The number of hydrogen-bond donors (Lipinski definition) is 0. The van der Waals surface area contributed by atoms with E-state index < -0.39 is 0 Å². The number of carbonyl (C=O) groups excluding carboxylic acids is 1. The first-order valence-electron chi connectivity index (χ1n) is 5.46. The summed E-state index contributed by atoms with van der Waals surface area (Å²) in [5.74, 6) is 0. The molecule has 0 unspecified atom stereocenters. The second-order valence-corrected chi connectivity index (χ2v) is 3.62. The van der Waals surface area contributed by atoms with Gasteiger partial charge in [-0.3, -0.25) is 4.79 Å². The van der Waals surface area contributed by atoms with Gasteiger partial charge in [-0.25, -0.2) is 0 Å². The van der Waals surface area contributed by atoms with Crippen LogP contribution in [0.1, 0.15) is 35.9 Å². The van der Waals surface area contributed by atoms with Crippen LogP contribution in [0.4, 0.5) is 0 Å². The maximum atomic E-state index is 10.8. The van der Waals surface area contributed by atoms with Crippen LogP contribution in [0.2, 0.25) is 0 Å². The molecule has 0 aliphatic heterocycles. The number of hydrogen-bond acceptors (Lipinski definition) is 2. The Labute approximate surface area is 91.0 Å². The highest BCUT2D eigenvalue weighted by molar-refractivity contribution is 5.72. The van der Waals surface area contributed by atoms with Gasteiger partial charge in [-0.2, -0.15) is 0 Å². The monoisotopic (exact) mass is 209 g/mol. The lowest BCUT2D eigenvalue weighted by Gasteiger charge is -2.10. The molecule has 1 aromatic rings. The van der Waals surface area contributed by atoms with Crippen LogP contribution in [0.15, 0.2) is 12.1 Å². The summed E-state index contributed by atoms with van der Waals surface area (Å²) in [7, 11) is 1.69. The minimum Gasteiger partial charge on any atom is -0.384 e. The van der Waals surface area contributed by atoms with Crippen molar-refractivity contribution in [2.24, 2.45) is 0 Å². The molecule has 0 aliphatic carbocycles. The topological polar surface area (TPSA) is 31.2 Å². The third-order valence-electron chi connectivity index (χ3n) is 2.52. The zero-order valence-electron chi connectivity index (χ0n) is 9.53. The molecule has 0 spiro atoms. The smallest absolute Gasteiger partial charge is 0.166 e. The molecule has 15 heavy (non-hydrogen) atoms. The van der Waals surface area contributed by atoms with Crippen LogP contribution < -0.4 is 0 Å². The zero-order valence-corrected chi connectivity index (χ0v) is 9.53. The van der Waals surface area contributed by atoms with E-state index >= 15 is 0 Å². The standard InChI is InChI=1S/C12H19NO2/c1-3-4-8-13-11(7-9-15-2)5-6-12(13)10-14/h5-6,10H,3-4,7-9H2,1-2H3. The minimum absolute atomic E-state index is 0.703.